The van der Waals surface area contributed by atoms with Gasteiger partial charge in [-0.25, -0.2) is 0 Å². The summed E-state index contributed by atoms with van der Waals surface area (Å²) in [6, 6.07) is 6.88. The number of benzene rings is 1. The molecule has 0 radical (unpaired) electrons. The van der Waals surface area contributed by atoms with Gasteiger partial charge in [-0.05, 0) is 53.5 Å². The summed E-state index contributed by atoms with van der Waals surface area (Å²) in [7, 11) is 0. The topological polar surface area (TPSA) is 94.0 Å². The number of hydrogen-bond acceptors (Lipinski definition) is 6. The van der Waals surface area contributed by atoms with E-state index in [9.17, 15) is 4.79 Å². The van der Waals surface area contributed by atoms with Gasteiger partial charge in [0, 0.05) is 5.56 Å². The maximum atomic E-state index is 12.2. The fraction of sp³-hybridized carbons (Fsp3) is 0.471. The summed E-state index contributed by atoms with van der Waals surface area (Å²) >= 11 is 5.12. The highest BCUT2D eigenvalue weighted by atomic mass is 32.1. The van der Waals surface area contributed by atoms with Crippen molar-refractivity contribution in [3.8, 4) is 5.75 Å². The van der Waals surface area contributed by atoms with Gasteiger partial charge in [0.25, 0.3) is 11.9 Å². The van der Waals surface area contributed by atoms with Gasteiger partial charge in [0.1, 0.15) is 5.75 Å². The third-order valence-electron chi connectivity index (χ3n) is 3.13. The van der Waals surface area contributed by atoms with Crippen LogP contribution in [0.3, 0.4) is 0 Å². The Morgan fingerprint density at radius 3 is 2.50 bits per heavy atom. The lowest BCUT2D eigenvalue weighted by molar-refractivity contribution is 0.0977. The summed E-state index contributed by atoms with van der Waals surface area (Å²) in [5.41, 5.74) is 0.475. The average Bonchev–Trinajstić information content (AvgIpc) is 2.99. The SMILES string of the molecule is CC(C)COc1ccc(C(=O)NC(=S)Nc2nnn(CC(C)C)n2)cc1. The van der Waals surface area contributed by atoms with Crippen LogP contribution in [-0.2, 0) is 6.54 Å². The van der Waals surface area contributed by atoms with Gasteiger partial charge in [0.15, 0.2) is 5.11 Å². The van der Waals surface area contributed by atoms with E-state index in [4.69, 9.17) is 17.0 Å². The fourth-order valence-corrected chi connectivity index (χ4v) is 2.15. The second kappa shape index (κ2) is 9.23. The molecule has 0 spiro atoms. The number of nitrogens with zero attached hydrogens (tertiary/aromatic N) is 4. The van der Waals surface area contributed by atoms with Crippen molar-refractivity contribution in [2.75, 3.05) is 11.9 Å². The van der Waals surface area contributed by atoms with Crippen LogP contribution in [0.15, 0.2) is 24.3 Å². The average molecular weight is 376 g/mol. The quantitative estimate of drug-likeness (QED) is 0.717. The molecule has 1 aromatic heterocycles. The van der Waals surface area contributed by atoms with Crippen LogP contribution in [0.4, 0.5) is 5.95 Å². The van der Waals surface area contributed by atoms with Crippen molar-refractivity contribution in [2.24, 2.45) is 11.8 Å². The lowest BCUT2D eigenvalue weighted by atomic mass is 10.2. The minimum Gasteiger partial charge on any atom is -0.493 e. The molecule has 0 unspecified atom stereocenters. The van der Waals surface area contributed by atoms with Gasteiger partial charge < -0.3 is 4.74 Å². The van der Waals surface area contributed by atoms with Crippen molar-refractivity contribution in [3.63, 3.8) is 0 Å². The van der Waals surface area contributed by atoms with E-state index in [-0.39, 0.29) is 17.0 Å². The van der Waals surface area contributed by atoms with Crippen LogP contribution in [0.2, 0.25) is 0 Å². The first-order valence-corrected chi connectivity index (χ1v) is 8.87. The summed E-state index contributed by atoms with van der Waals surface area (Å²) in [4.78, 5) is 13.7. The van der Waals surface area contributed by atoms with Crippen LogP contribution < -0.4 is 15.4 Å². The van der Waals surface area contributed by atoms with Gasteiger partial charge in [-0.1, -0.05) is 32.8 Å². The minimum absolute atomic E-state index is 0.110. The maximum Gasteiger partial charge on any atom is 0.269 e. The molecule has 0 aliphatic rings. The minimum atomic E-state index is -0.326. The molecular weight excluding hydrogens is 352 g/mol. The van der Waals surface area contributed by atoms with Crippen LogP contribution in [0.1, 0.15) is 38.1 Å². The molecule has 1 aromatic carbocycles. The Morgan fingerprint density at radius 2 is 1.88 bits per heavy atom. The highest BCUT2D eigenvalue weighted by Gasteiger charge is 2.11. The molecule has 0 fully saturated rings. The van der Waals surface area contributed by atoms with Crippen LogP contribution in [-0.4, -0.2) is 37.8 Å². The third kappa shape index (κ3) is 6.40. The Balaban J connectivity index is 1.86. The number of hydrogen-bond donors (Lipinski definition) is 2. The number of rotatable bonds is 7. The lowest BCUT2D eigenvalue weighted by Crippen LogP contribution is -2.34. The Hall–Kier alpha value is -2.55. The normalized spacial score (nSPS) is 10.8. The molecule has 9 heteroatoms. The number of carbonyl (C=O) groups is 1. The van der Waals surface area contributed by atoms with Crippen LogP contribution in [0.25, 0.3) is 0 Å². The fourth-order valence-electron chi connectivity index (χ4n) is 1.97. The summed E-state index contributed by atoms with van der Waals surface area (Å²) in [5.74, 6) is 1.48. The number of tetrazole rings is 1. The smallest absolute Gasteiger partial charge is 0.269 e. The first-order valence-electron chi connectivity index (χ1n) is 8.46. The van der Waals surface area contributed by atoms with E-state index in [1.54, 1.807) is 24.3 Å². The van der Waals surface area contributed by atoms with Crippen molar-refractivity contribution in [2.45, 2.75) is 34.2 Å². The zero-order valence-corrected chi connectivity index (χ0v) is 16.2. The predicted octanol–water partition coefficient (Wildman–Crippen LogP) is 2.49. The van der Waals surface area contributed by atoms with E-state index >= 15 is 0 Å². The molecule has 1 amide bonds. The third-order valence-corrected chi connectivity index (χ3v) is 3.34. The summed E-state index contributed by atoms with van der Waals surface area (Å²) in [5, 5.41) is 17.4. The molecule has 2 rings (SSSR count). The second-order valence-corrected chi connectivity index (χ2v) is 7.11. The Morgan fingerprint density at radius 1 is 1.19 bits per heavy atom. The summed E-state index contributed by atoms with van der Waals surface area (Å²) < 4.78 is 5.60. The number of ether oxygens (including phenoxy) is 1. The maximum absolute atomic E-state index is 12.2. The molecular formula is C17H24N6O2S. The Kier molecular flexibility index (Phi) is 7.02. The highest BCUT2D eigenvalue weighted by molar-refractivity contribution is 7.80. The van der Waals surface area contributed by atoms with E-state index in [1.165, 1.54) is 4.80 Å². The highest BCUT2D eigenvalue weighted by Crippen LogP contribution is 2.13. The Bertz CT molecular complexity index is 742. The molecule has 0 aliphatic heterocycles. The number of thiocarbonyl (C=S) groups is 1. The molecule has 0 saturated carbocycles. The molecule has 1 heterocycles. The predicted molar refractivity (Wildman–Crippen MR) is 103 cm³/mol. The molecule has 8 nitrogen and oxygen atoms in total. The summed E-state index contributed by atoms with van der Waals surface area (Å²) in [6.45, 7) is 9.54. The van der Waals surface area contributed by atoms with Crippen molar-refractivity contribution >= 4 is 29.2 Å². The monoisotopic (exact) mass is 376 g/mol. The van der Waals surface area contributed by atoms with Crippen LogP contribution in [0, 0.1) is 11.8 Å². The standard InChI is InChI=1S/C17H24N6O2S/c1-11(2)9-23-21-16(20-22-23)19-17(26)18-15(24)13-5-7-14(8-6-13)25-10-12(3)4/h5-8,11-12H,9-10H2,1-4H3,(H2,18,19,21,24,26). The molecule has 0 atom stereocenters. The van der Waals surface area contributed by atoms with Gasteiger partial charge in [-0.3, -0.25) is 15.4 Å². The molecule has 0 saturated heterocycles. The van der Waals surface area contributed by atoms with Crippen LogP contribution in [0.5, 0.6) is 5.75 Å². The molecule has 2 aromatic rings. The zero-order chi connectivity index (χ0) is 19.1. The molecule has 140 valence electrons. The lowest BCUT2D eigenvalue weighted by Gasteiger charge is -2.10. The summed E-state index contributed by atoms with van der Waals surface area (Å²) in [6.07, 6.45) is 0. The molecule has 0 bridgehead atoms. The van der Waals surface area contributed by atoms with Gasteiger partial charge >= 0.3 is 0 Å². The molecule has 0 aliphatic carbocycles. The zero-order valence-electron chi connectivity index (χ0n) is 15.4. The molecule has 26 heavy (non-hydrogen) atoms. The van der Waals surface area contributed by atoms with Crippen molar-refractivity contribution in [3.05, 3.63) is 29.8 Å². The van der Waals surface area contributed by atoms with Gasteiger partial charge in [-0.15, -0.1) is 5.10 Å². The van der Waals surface area contributed by atoms with E-state index in [0.717, 1.165) is 5.75 Å². The van der Waals surface area contributed by atoms with Gasteiger partial charge in [0.05, 0.1) is 13.2 Å². The number of anilines is 1. The van der Waals surface area contributed by atoms with E-state index in [2.05, 4.69) is 53.7 Å². The first-order chi connectivity index (χ1) is 12.3. The number of nitrogens with one attached hydrogen (secondary N) is 2. The Labute approximate surface area is 158 Å². The number of amides is 1. The first kappa shape index (κ1) is 19.8. The van der Waals surface area contributed by atoms with Gasteiger partial charge in [0.2, 0.25) is 0 Å². The van der Waals surface area contributed by atoms with Crippen molar-refractivity contribution < 1.29 is 9.53 Å². The van der Waals surface area contributed by atoms with E-state index in [1.807, 2.05) is 0 Å². The number of carbonyl (C=O) groups excluding carboxylic acids is 1. The largest absolute Gasteiger partial charge is 0.493 e. The van der Waals surface area contributed by atoms with Gasteiger partial charge in [-0.2, -0.15) is 4.80 Å². The second-order valence-electron chi connectivity index (χ2n) is 6.70. The molecule has 2 N–H and O–H groups in total. The number of aromatic nitrogens is 4. The van der Waals surface area contributed by atoms with Crippen LogP contribution >= 0.6 is 12.2 Å². The van der Waals surface area contributed by atoms with E-state index < -0.39 is 0 Å². The van der Waals surface area contributed by atoms with Crippen molar-refractivity contribution in [1.82, 2.24) is 25.5 Å². The van der Waals surface area contributed by atoms with Crippen molar-refractivity contribution in [1.29, 1.82) is 0 Å². The van der Waals surface area contributed by atoms with E-state index in [0.29, 0.717) is 30.6 Å².